The maximum Gasteiger partial charge on any atom is 0.328 e. The Labute approximate surface area is 96.0 Å². The van der Waals surface area contributed by atoms with Crippen LogP contribution in [0.4, 0.5) is 0 Å². The van der Waals surface area contributed by atoms with Gasteiger partial charge in [0.1, 0.15) is 0 Å². The highest BCUT2D eigenvalue weighted by molar-refractivity contribution is 5.70. The van der Waals surface area contributed by atoms with Gasteiger partial charge in [-0.3, -0.25) is 9.55 Å². The van der Waals surface area contributed by atoms with E-state index in [1.807, 2.05) is 12.1 Å². The fourth-order valence-electron chi connectivity index (χ4n) is 1.73. The highest BCUT2D eigenvalue weighted by Gasteiger charge is 2.07. The molecule has 0 saturated heterocycles. The maximum absolute atomic E-state index is 11.8. The van der Waals surface area contributed by atoms with E-state index in [-0.39, 0.29) is 5.69 Å². The molecular weight excluding hydrogens is 218 g/mol. The molecule has 84 valence electrons. The maximum atomic E-state index is 11.8. The van der Waals surface area contributed by atoms with Gasteiger partial charge < -0.3 is 0 Å². The van der Waals surface area contributed by atoms with Gasteiger partial charge in [-0.1, -0.05) is 0 Å². The number of H-pyrrole nitrogens is 1. The van der Waals surface area contributed by atoms with E-state index in [0.29, 0.717) is 12.2 Å². The van der Waals surface area contributed by atoms with Gasteiger partial charge >= 0.3 is 5.69 Å². The summed E-state index contributed by atoms with van der Waals surface area (Å²) in [6.07, 6.45) is 3.24. The molecule has 1 N–H and O–H groups in total. The van der Waals surface area contributed by atoms with Crippen molar-refractivity contribution in [1.29, 1.82) is 0 Å². The molecular formula is C11H9N5O. The largest absolute Gasteiger partial charge is 0.328 e. The highest BCUT2D eigenvalue weighted by atomic mass is 16.1. The number of imidazole rings is 1. The van der Waals surface area contributed by atoms with Crippen molar-refractivity contribution in [1.82, 2.24) is 24.7 Å². The second-order valence-corrected chi connectivity index (χ2v) is 3.60. The van der Waals surface area contributed by atoms with E-state index in [4.69, 9.17) is 0 Å². The summed E-state index contributed by atoms with van der Waals surface area (Å²) in [7, 11) is 0. The van der Waals surface area contributed by atoms with Gasteiger partial charge in [0.15, 0.2) is 5.65 Å². The number of fused-ring (bicyclic) bond motifs is 1. The highest BCUT2D eigenvalue weighted by Crippen LogP contribution is 2.07. The normalized spacial score (nSPS) is 10.8. The van der Waals surface area contributed by atoms with Gasteiger partial charge in [0.2, 0.25) is 0 Å². The van der Waals surface area contributed by atoms with E-state index < -0.39 is 0 Å². The van der Waals surface area contributed by atoms with Crippen LogP contribution >= 0.6 is 0 Å². The van der Waals surface area contributed by atoms with Crippen LogP contribution in [0.2, 0.25) is 0 Å². The summed E-state index contributed by atoms with van der Waals surface area (Å²) in [6.45, 7) is 0.387. The minimum absolute atomic E-state index is 0.190. The average molecular weight is 227 g/mol. The molecule has 0 radical (unpaired) electrons. The van der Waals surface area contributed by atoms with Crippen LogP contribution in [-0.2, 0) is 6.54 Å². The zero-order valence-corrected chi connectivity index (χ0v) is 8.87. The molecule has 0 fully saturated rings. The van der Waals surface area contributed by atoms with E-state index in [2.05, 4.69) is 20.2 Å². The van der Waals surface area contributed by atoms with Gasteiger partial charge in [-0.05, 0) is 24.3 Å². The van der Waals surface area contributed by atoms with E-state index in [1.54, 1.807) is 29.1 Å². The van der Waals surface area contributed by atoms with Gasteiger partial charge in [0, 0.05) is 12.4 Å². The molecule has 0 aliphatic carbocycles. The predicted molar refractivity (Wildman–Crippen MR) is 61.5 cm³/mol. The number of nitrogens with one attached hydrogen (secondary N) is 1. The summed E-state index contributed by atoms with van der Waals surface area (Å²) in [5, 5.41) is 7.74. The van der Waals surface area contributed by atoms with Crippen LogP contribution in [0.15, 0.2) is 41.5 Å². The molecule has 0 aliphatic rings. The quantitative estimate of drug-likeness (QED) is 0.694. The van der Waals surface area contributed by atoms with Crippen molar-refractivity contribution >= 4 is 11.2 Å². The van der Waals surface area contributed by atoms with Crippen molar-refractivity contribution in [3.8, 4) is 0 Å². The molecule has 0 atom stereocenters. The summed E-state index contributed by atoms with van der Waals surface area (Å²) >= 11 is 0. The zero-order valence-electron chi connectivity index (χ0n) is 8.87. The number of hydrogen-bond acceptors (Lipinski definition) is 4. The molecule has 0 saturated carbocycles. The fourth-order valence-corrected chi connectivity index (χ4v) is 1.73. The molecule has 6 nitrogen and oxygen atoms in total. The Morgan fingerprint density at radius 1 is 1.24 bits per heavy atom. The van der Waals surface area contributed by atoms with Gasteiger partial charge in [-0.15, -0.1) is 0 Å². The van der Waals surface area contributed by atoms with E-state index in [1.165, 1.54) is 0 Å². The Bertz CT molecular complexity index is 700. The predicted octanol–water partition coefficient (Wildman–Crippen LogP) is 0.563. The monoisotopic (exact) mass is 227 g/mol. The van der Waals surface area contributed by atoms with E-state index in [9.17, 15) is 4.79 Å². The van der Waals surface area contributed by atoms with Gasteiger partial charge in [0.05, 0.1) is 17.8 Å². The minimum Gasteiger partial charge on any atom is -0.290 e. The summed E-state index contributed by atoms with van der Waals surface area (Å²) in [5.74, 6) is 0. The third-order valence-corrected chi connectivity index (χ3v) is 2.50. The molecule has 0 aromatic carbocycles. The third-order valence-electron chi connectivity index (χ3n) is 2.50. The SMILES string of the molecule is O=c1[nH]c2ncccc2n1Cc1cccnn1. The molecule has 0 unspecified atom stereocenters. The third kappa shape index (κ3) is 1.69. The van der Waals surface area contributed by atoms with Crippen molar-refractivity contribution in [2.24, 2.45) is 0 Å². The van der Waals surface area contributed by atoms with Crippen molar-refractivity contribution < 1.29 is 0 Å². The van der Waals surface area contributed by atoms with Gasteiger partial charge in [-0.2, -0.15) is 10.2 Å². The molecule has 0 amide bonds. The van der Waals surface area contributed by atoms with Crippen molar-refractivity contribution in [3.63, 3.8) is 0 Å². The number of hydrogen-bond donors (Lipinski definition) is 1. The van der Waals surface area contributed by atoms with Crippen molar-refractivity contribution in [2.45, 2.75) is 6.54 Å². The first-order valence-electron chi connectivity index (χ1n) is 5.15. The topological polar surface area (TPSA) is 76.5 Å². The molecule has 6 heteroatoms. The summed E-state index contributed by atoms with van der Waals surface area (Å²) in [5.41, 5.74) is 1.90. The number of aromatic nitrogens is 5. The molecule has 3 aromatic rings. The van der Waals surface area contributed by atoms with Gasteiger partial charge in [-0.25, -0.2) is 9.78 Å². The lowest BCUT2D eigenvalue weighted by atomic mass is 10.3. The molecule has 3 heterocycles. The second-order valence-electron chi connectivity index (χ2n) is 3.60. The second kappa shape index (κ2) is 3.82. The Morgan fingerprint density at radius 3 is 2.94 bits per heavy atom. The summed E-state index contributed by atoms with van der Waals surface area (Å²) in [6, 6.07) is 7.26. The molecule has 0 aliphatic heterocycles. The Balaban J connectivity index is 2.12. The number of pyridine rings is 1. The smallest absolute Gasteiger partial charge is 0.290 e. The van der Waals surface area contributed by atoms with Crippen molar-refractivity contribution in [2.75, 3.05) is 0 Å². The number of rotatable bonds is 2. The lowest BCUT2D eigenvalue weighted by Crippen LogP contribution is -2.18. The van der Waals surface area contributed by atoms with Crippen molar-refractivity contribution in [3.05, 3.63) is 52.8 Å². The molecule has 3 aromatic heterocycles. The lowest BCUT2D eigenvalue weighted by Gasteiger charge is -2.00. The molecule has 3 rings (SSSR count). The first-order valence-corrected chi connectivity index (χ1v) is 5.15. The Hall–Kier alpha value is -2.50. The molecule has 17 heavy (non-hydrogen) atoms. The number of nitrogens with zero attached hydrogens (tertiary/aromatic N) is 4. The first kappa shape index (κ1) is 9.71. The van der Waals surface area contributed by atoms with Crippen LogP contribution < -0.4 is 5.69 Å². The van der Waals surface area contributed by atoms with E-state index in [0.717, 1.165) is 11.2 Å². The zero-order chi connectivity index (χ0) is 11.7. The average Bonchev–Trinajstić information content (AvgIpc) is 2.68. The summed E-state index contributed by atoms with van der Waals surface area (Å²) < 4.78 is 1.59. The number of aromatic amines is 1. The Kier molecular flexibility index (Phi) is 2.18. The van der Waals surface area contributed by atoms with Crippen LogP contribution in [0.25, 0.3) is 11.2 Å². The lowest BCUT2D eigenvalue weighted by molar-refractivity contribution is 0.746. The molecule has 0 spiro atoms. The first-order chi connectivity index (χ1) is 8.34. The van der Waals surface area contributed by atoms with Gasteiger partial charge in [0.25, 0.3) is 0 Å². The van der Waals surface area contributed by atoms with Crippen LogP contribution in [0, 0.1) is 0 Å². The minimum atomic E-state index is -0.190. The Morgan fingerprint density at radius 2 is 2.12 bits per heavy atom. The summed E-state index contributed by atoms with van der Waals surface area (Å²) in [4.78, 5) is 18.5. The van der Waals surface area contributed by atoms with Crippen LogP contribution in [-0.4, -0.2) is 24.7 Å². The van der Waals surface area contributed by atoms with E-state index >= 15 is 0 Å². The van der Waals surface area contributed by atoms with Crippen LogP contribution in [0.3, 0.4) is 0 Å². The molecule has 0 bridgehead atoms. The van der Waals surface area contributed by atoms with Crippen LogP contribution in [0.1, 0.15) is 5.69 Å². The fraction of sp³-hybridized carbons (Fsp3) is 0.0909. The standard InChI is InChI=1S/C11H9N5O/c17-11-14-10-9(4-2-5-12-10)16(11)7-8-3-1-6-13-15-8/h1-6H,7H2,(H,12,14,17). The van der Waals surface area contributed by atoms with Crippen LogP contribution in [0.5, 0.6) is 0 Å².